The molecule has 0 aliphatic carbocycles. The van der Waals surface area contributed by atoms with Crippen LogP contribution in [0.5, 0.6) is 5.75 Å². The van der Waals surface area contributed by atoms with Crippen molar-refractivity contribution >= 4 is 6.03 Å². The Hall–Kier alpha value is -1.75. The molecule has 0 saturated heterocycles. The first-order valence-electron chi connectivity index (χ1n) is 8.31. The van der Waals surface area contributed by atoms with Crippen molar-refractivity contribution in [2.45, 2.75) is 27.2 Å². The predicted octanol–water partition coefficient (Wildman–Crippen LogP) is 2.67. The first kappa shape index (κ1) is 19.3. The third-order valence-corrected chi connectivity index (χ3v) is 3.72. The number of amides is 2. The molecule has 0 aliphatic heterocycles. The van der Waals surface area contributed by atoms with Crippen LogP contribution in [0.4, 0.5) is 4.79 Å². The lowest BCUT2D eigenvalue weighted by Gasteiger charge is -2.23. The normalized spacial score (nSPS) is 10.7. The van der Waals surface area contributed by atoms with Crippen LogP contribution in [-0.2, 0) is 0 Å². The topological polar surface area (TPSA) is 44.8 Å². The minimum absolute atomic E-state index is 0.0163. The van der Waals surface area contributed by atoms with Gasteiger partial charge in [-0.3, -0.25) is 0 Å². The summed E-state index contributed by atoms with van der Waals surface area (Å²) in [6.45, 7) is 9.56. The van der Waals surface area contributed by atoms with Gasteiger partial charge in [0.2, 0.25) is 0 Å². The van der Waals surface area contributed by atoms with E-state index in [-0.39, 0.29) is 6.03 Å². The number of benzene rings is 1. The number of likely N-dealkylation sites (N-methyl/N-ethyl adjacent to an activating group) is 1. The number of nitrogens with zero attached hydrogens (tertiary/aromatic N) is 2. The summed E-state index contributed by atoms with van der Waals surface area (Å²) in [5.41, 5.74) is 2.47. The molecule has 0 radical (unpaired) electrons. The molecule has 0 fully saturated rings. The van der Waals surface area contributed by atoms with E-state index in [2.05, 4.69) is 32.2 Å². The minimum Gasteiger partial charge on any atom is -0.492 e. The van der Waals surface area contributed by atoms with E-state index in [0.29, 0.717) is 19.7 Å². The molecule has 0 bridgehead atoms. The molecule has 0 saturated carbocycles. The first-order chi connectivity index (χ1) is 10.9. The molecule has 0 atom stereocenters. The van der Waals surface area contributed by atoms with E-state index in [1.807, 2.05) is 36.0 Å². The van der Waals surface area contributed by atoms with Crippen LogP contribution in [0.1, 0.15) is 24.5 Å². The highest BCUT2D eigenvalue weighted by atomic mass is 16.5. The number of urea groups is 1. The lowest BCUT2D eigenvalue weighted by molar-refractivity contribution is 0.181. The number of nitrogens with one attached hydrogen (secondary N) is 1. The van der Waals surface area contributed by atoms with Crippen LogP contribution in [0.25, 0.3) is 0 Å². The average molecular weight is 321 g/mol. The Bertz CT molecular complexity index is 489. The Kier molecular flexibility index (Phi) is 8.48. The summed E-state index contributed by atoms with van der Waals surface area (Å²) < 4.78 is 5.78. The van der Waals surface area contributed by atoms with Gasteiger partial charge in [0, 0.05) is 19.6 Å². The third-order valence-electron chi connectivity index (χ3n) is 3.72. The Morgan fingerprint density at radius 2 is 1.87 bits per heavy atom. The summed E-state index contributed by atoms with van der Waals surface area (Å²) in [6, 6.07) is 6.06. The molecular weight excluding hydrogens is 290 g/mol. The SMILES string of the molecule is CCCN(CCOc1ccc(C)c(C)c1)C(=O)NCCN(C)C. The molecule has 1 rings (SSSR count). The van der Waals surface area contributed by atoms with E-state index in [9.17, 15) is 4.79 Å². The summed E-state index contributed by atoms with van der Waals surface area (Å²) in [6.07, 6.45) is 0.935. The van der Waals surface area contributed by atoms with Crippen molar-refractivity contribution in [3.63, 3.8) is 0 Å². The summed E-state index contributed by atoms with van der Waals surface area (Å²) in [5, 5.41) is 2.95. The molecule has 23 heavy (non-hydrogen) atoms. The monoisotopic (exact) mass is 321 g/mol. The van der Waals surface area contributed by atoms with Crippen LogP contribution in [0.3, 0.4) is 0 Å². The van der Waals surface area contributed by atoms with Crippen LogP contribution in [0, 0.1) is 13.8 Å². The van der Waals surface area contributed by atoms with Crippen LogP contribution in [-0.4, -0.2) is 62.7 Å². The molecule has 0 unspecified atom stereocenters. The van der Waals surface area contributed by atoms with Gasteiger partial charge in [-0.05, 0) is 57.6 Å². The van der Waals surface area contributed by atoms with Crippen molar-refractivity contribution in [1.82, 2.24) is 15.1 Å². The fraction of sp³-hybridized carbons (Fsp3) is 0.611. The van der Waals surface area contributed by atoms with Gasteiger partial charge in [0.1, 0.15) is 12.4 Å². The Morgan fingerprint density at radius 1 is 1.13 bits per heavy atom. The number of rotatable bonds is 9. The Balaban J connectivity index is 2.42. The van der Waals surface area contributed by atoms with Gasteiger partial charge < -0.3 is 19.9 Å². The molecule has 1 aromatic rings. The number of hydrogen-bond acceptors (Lipinski definition) is 3. The van der Waals surface area contributed by atoms with Crippen molar-refractivity contribution in [3.8, 4) is 5.75 Å². The zero-order valence-electron chi connectivity index (χ0n) is 15.2. The van der Waals surface area contributed by atoms with Gasteiger partial charge in [0.05, 0.1) is 6.54 Å². The number of carbonyl (C=O) groups is 1. The van der Waals surface area contributed by atoms with E-state index < -0.39 is 0 Å². The molecule has 1 aromatic carbocycles. The van der Waals surface area contributed by atoms with Gasteiger partial charge in [-0.2, -0.15) is 0 Å². The van der Waals surface area contributed by atoms with E-state index in [1.165, 1.54) is 11.1 Å². The van der Waals surface area contributed by atoms with Crippen LogP contribution >= 0.6 is 0 Å². The molecule has 5 heteroatoms. The highest BCUT2D eigenvalue weighted by Crippen LogP contribution is 2.16. The largest absolute Gasteiger partial charge is 0.492 e. The Labute approximate surface area is 140 Å². The molecule has 2 amide bonds. The second-order valence-electron chi connectivity index (χ2n) is 6.12. The predicted molar refractivity (Wildman–Crippen MR) is 95.2 cm³/mol. The maximum atomic E-state index is 12.2. The number of hydrogen-bond donors (Lipinski definition) is 1. The smallest absolute Gasteiger partial charge is 0.317 e. The van der Waals surface area contributed by atoms with Crippen LogP contribution < -0.4 is 10.1 Å². The van der Waals surface area contributed by atoms with Crippen molar-refractivity contribution in [2.24, 2.45) is 0 Å². The van der Waals surface area contributed by atoms with Crippen molar-refractivity contribution in [1.29, 1.82) is 0 Å². The van der Waals surface area contributed by atoms with Gasteiger partial charge in [-0.15, -0.1) is 0 Å². The summed E-state index contributed by atoms with van der Waals surface area (Å²) in [4.78, 5) is 16.1. The molecular formula is C18H31N3O2. The number of ether oxygens (including phenoxy) is 1. The number of carbonyl (C=O) groups excluding carboxylic acids is 1. The molecule has 130 valence electrons. The molecule has 0 aliphatic rings. The van der Waals surface area contributed by atoms with Gasteiger partial charge in [-0.1, -0.05) is 13.0 Å². The second-order valence-corrected chi connectivity index (χ2v) is 6.12. The summed E-state index contributed by atoms with van der Waals surface area (Å²) in [5.74, 6) is 0.859. The van der Waals surface area contributed by atoms with Gasteiger partial charge in [0.15, 0.2) is 0 Å². The standard InChI is InChI=1S/C18H31N3O2/c1-6-10-21(18(22)19-9-11-20(4)5)12-13-23-17-8-7-15(2)16(3)14-17/h7-8,14H,6,9-13H2,1-5H3,(H,19,22). The number of aryl methyl sites for hydroxylation is 2. The first-order valence-corrected chi connectivity index (χ1v) is 8.31. The van der Waals surface area contributed by atoms with Gasteiger partial charge in [-0.25, -0.2) is 4.79 Å². The fourth-order valence-corrected chi connectivity index (χ4v) is 2.16. The molecule has 5 nitrogen and oxygen atoms in total. The highest BCUT2D eigenvalue weighted by molar-refractivity contribution is 5.74. The summed E-state index contributed by atoms with van der Waals surface area (Å²) in [7, 11) is 3.99. The van der Waals surface area contributed by atoms with E-state index in [1.54, 1.807) is 0 Å². The molecule has 0 heterocycles. The summed E-state index contributed by atoms with van der Waals surface area (Å²) >= 11 is 0. The van der Waals surface area contributed by atoms with E-state index >= 15 is 0 Å². The van der Waals surface area contributed by atoms with Gasteiger partial charge >= 0.3 is 6.03 Å². The zero-order valence-corrected chi connectivity index (χ0v) is 15.2. The second kappa shape index (κ2) is 10.1. The van der Waals surface area contributed by atoms with Gasteiger partial charge in [0.25, 0.3) is 0 Å². The maximum absolute atomic E-state index is 12.2. The van der Waals surface area contributed by atoms with Crippen molar-refractivity contribution in [3.05, 3.63) is 29.3 Å². The van der Waals surface area contributed by atoms with Crippen LogP contribution in [0.15, 0.2) is 18.2 Å². The maximum Gasteiger partial charge on any atom is 0.317 e. The van der Waals surface area contributed by atoms with E-state index in [0.717, 1.165) is 25.3 Å². The molecule has 1 N–H and O–H groups in total. The highest BCUT2D eigenvalue weighted by Gasteiger charge is 2.12. The van der Waals surface area contributed by atoms with Crippen LogP contribution in [0.2, 0.25) is 0 Å². The van der Waals surface area contributed by atoms with Crippen molar-refractivity contribution in [2.75, 3.05) is 46.9 Å². The lowest BCUT2D eigenvalue weighted by Crippen LogP contribution is -2.44. The van der Waals surface area contributed by atoms with Crippen molar-refractivity contribution < 1.29 is 9.53 Å². The molecule has 0 spiro atoms. The van der Waals surface area contributed by atoms with E-state index in [4.69, 9.17) is 4.74 Å². The lowest BCUT2D eigenvalue weighted by atomic mass is 10.1. The quantitative estimate of drug-likeness (QED) is 0.760. The Morgan fingerprint density at radius 3 is 2.48 bits per heavy atom. The third kappa shape index (κ3) is 7.37. The average Bonchev–Trinajstić information content (AvgIpc) is 2.49. The molecule has 0 aromatic heterocycles. The fourth-order valence-electron chi connectivity index (χ4n) is 2.16. The minimum atomic E-state index is -0.0163. The zero-order chi connectivity index (χ0) is 17.2.